The topological polar surface area (TPSA) is 54.0 Å². The summed E-state index contributed by atoms with van der Waals surface area (Å²) in [5, 5.41) is 6.66. The Hall–Kier alpha value is -1.78. The second-order valence-electron chi connectivity index (χ2n) is 4.21. The fraction of sp³-hybridized carbons (Fsp3) is 0.143. The summed E-state index contributed by atoms with van der Waals surface area (Å²) in [6.07, 6.45) is 3.14. The quantitative estimate of drug-likeness (QED) is 0.901. The van der Waals surface area contributed by atoms with Gasteiger partial charge in [0.1, 0.15) is 0 Å². The number of benzene rings is 1. The summed E-state index contributed by atoms with van der Waals surface area (Å²) >= 11 is 12.1. The highest BCUT2D eigenvalue weighted by Gasteiger charge is 2.13. The Labute approximate surface area is 127 Å². The van der Waals surface area contributed by atoms with Gasteiger partial charge in [-0.3, -0.25) is 9.78 Å². The minimum atomic E-state index is -0.279. The molecule has 6 heteroatoms. The molecular formula is C14H13Cl2N3O. The molecule has 0 spiro atoms. The number of halogens is 2. The Morgan fingerprint density at radius 3 is 2.65 bits per heavy atom. The van der Waals surface area contributed by atoms with Crippen LogP contribution < -0.4 is 10.6 Å². The molecule has 104 valence electrons. The van der Waals surface area contributed by atoms with E-state index < -0.39 is 0 Å². The number of nitrogens with zero attached hydrogens (tertiary/aromatic N) is 1. The van der Waals surface area contributed by atoms with Crippen LogP contribution in [0.1, 0.15) is 15.9 Å². The lowest BCUT2D eigenvalue weighted by atomic mass is 10.2. The fourth-order valence-corrected chi connectivity index (χ4v) is 2.15. The molecule has 2 N–H and O–H groups in total. The molecule has 1 aromatic carbocycles. The summed E-state index contributed by atoms with van der Waals surface area (Å²) in [6.45, 7) is 1.85. The molecule has 0 aliphatic heterocycles. The number of hydrogen-bond donors (Lipinski definition) is 2. The van der Waals surface area contributed by atoms with Crippen LogP contribution in [-0.2, 0) is 0 Å². The largest absolute Gasteiger partial charge is 0.386 e. The highest BCUT2D eigenvalue weighted by atomic mass is 35.5. The van der Waals surface area contributed by atoms with Crippen LogP contribution in [-0.4, -0.2) is 17.9 Å². The normalized spacial score (nSPS) is 10.2. The molecule has 1 heterocycles. The zero-order valence-electron chi connectivity index (χ0n) is 11.0. The highest BCUT2D eigenvalue weighted by molar-refractivity contribution is 6.36. The zero-order valence-corrected chi connectivity index (χ0v) is 12.5. The standard InChI is InChI=1S/C14H13Cl2N3O/c1-8-5-11(16)12(6-10(8)15)19-14(20)9-3-4-18-7-13(9)17-2/h3-7,17H,1-2H3,(H,19,20). The van der Waals surface area contributed by atoms with Gasteiger partial charge in [0.25, 0.3) is 5.91 Å². The number of aromatic nitrogens is 1. The van der Waals surface area contributed by atoms with Crippen LogP contribution >= 0.6 is 23.2 Å². The number of carbonyl (C=O) groups excluding carboxylic acids is 1. The molecule has 4 nitrogen and oxygen atoms in total. The Morgan fingerprint density at radius 1 is 1.20 bits per heavy atom. The number of pyridine rings is 1. The van der Waals surface area contributed by atoms with Gasteiger partial charge in [0.2, 0.25) is 0 Å². The number of amides is 1. The van der Waals surface area contributed by atoms with Crippen LogP contribution in [0.5, 0.6) is 0 Å². The minimum Gasteiger partial charge on any atom is -0.386 e. The highest BCUT2D eigenvalue weighted by Crippen LogP contribution is 2.29. The summed E-state index contributed by atoms with van der Waals surface area (Å²) in [7, 11) is 1.73. The van der Waals surface area contributed by atoms with E-state index in [0.29, 0.717) is 27.0 Å². The van der Waals surface area contributed by atoms with E-state index >= 15 is 0 Å². The van der Waals surface area contributed by atoms with Crippen molar-refractivity contribution in [2.45, 2.75) is 6.92 Å². The Bertz CT molecular complexity index is 659. The van der Waals surface area contributed by atoms with Gasteiger partial charge in [-0.05, 0) is 30.7 Å². The maximum absolute atomic E-state index is 12.3. The van der Waals surface area contributed by atoms with Crippen molar-refractivity contribution in [2.24, 2.45) is 0 Å². The first-order valence-electron chi connectivity index (χ1n) is 5.91. The van der Waals surface area contributed by atoms with Crippen LogP contribution in [0.15, 0.2) is 30.6 Å². The molecule has 0 saturated heterocycles. The number of nitrogens with one attached hydrogen (secondary N) is 2. The summed E-state index contributed by atoms with van der Waals surface area (Å²) in [4.78, 5) is 16.2. The van der Waals surface area contributed by atoms with Gasteiger partial charge in [-0.2, -0.15) is 0 Å². The van der Waals surface area contributed by atoms with E-state index in [0.717, 1.165) is 5.56 Å². The van der Waals surface area contributed by atoms with E-state index in [1.807, 2.05) is 6.92 Å². The molecule has 1 amide bonds. The van der Waals surface area contributed by atoms with Gasteiger partial charge in [0.15, 0.2) is 0 Å². The van der Waals surface area contributed by atoms with E-state index in [-0.39, 0.29) is 5.91 Å². The molecule has 0 bridgehead atoms. The molecule has 0 saturated carbocycles. The van der Waals surface area contributed by atoms with Crippen LogP contribution in [0.2, 0.25) is 10.0 Å². The van der Waals surface area contributed by atoms with Gasteiger partial charge in [0.05, 0.1) is 28.2 Å². The predicted octanol–water partition coefficient (Wildman–Crippen LogP) is 3.99. The Morgan fingerprint density at radius 2 is 1.95 bits per heavy atom. The second kappa shape index (κ2) is 6.11. The second-order valence-corrected chi connectivity index (χ2v) is 5.02. The molecule has 2 aromatic rings. The number of anilines is 2. The molecule has 2 rings (SSSR count). The van der Waals surface area contributed by atoms with Crippen molar-refractivity contribution in [1.29, 1.82) is 0 Å². The fourth-order valence-electron chi connectivity index (χ4n) is 1.72. The minimum absolute atomic E-state index is 0.279. The third kappa shape index (κ3) is 3.03. The van der Waals surface area contributed by atoms with Crippen molar-refractivity contribution in [3.63, 3.8) is 0 Å². The summed E-state index contributed by atoms with van der Waals surface area (Å²) in [6, 6.07) is 4.98. The first-order chi connectivity index (χ1) is 9.52. The lowest BCUT2D eigenvalue weighted by Gasteiger charge is -2.11. The van der Waals surface area contributed by atoms with E-state index in [1.54, 1.807) is 37.6 Å². The number of hydrogen-bond acceptors (Lipinski definition) is 3. The summed E-state index contributed by atoms with van der Waals surface area (Å²) < 4.78 is 0. The van der Waals surface area contributed by atoms with Crippen molar-refractivity contribution in [2.75, 3.05) is 17.7 Å². The smallest absolute Gasteiger partial charge is 0.257 e. The monoisotopic (exact) mass is 309 g/mol. The third-order valence-corrected chi connectivity index (χ3v) is 3.55. The molecule has 0 aliphatic rings. The van der Waals surface area contributed by atoms with Gasteiger partial charge < -0.3 is 10.6 Å². The SMILES string of the molecule is CNc1cnccc1C(=O)Nc1cc(Cl)c(C)cc1Cl. The molecule has 0 radical (unpaired) electrons. The molecular weight excluding hydrogens is 297 g/mol. The average molecular weight is 310 g/mol. The van der Waals surface area contributed by atoms with E-state index in [4.69, 9.17) is 23.2 Å². The zero-order chi connectivity index (χ0) is 14.7. The molecule has 1 aromatic heterocycles. The van der Waals surface area contributed by atoms with E-state index in [1.165, 1.54) is 0 Å². The number of aryl methyl sites for hydroxylation is 1. The maximum atomic E-state index is 12.3. The predicted molar refractivity (Wildman–Crippen MR) is 82.9 cm³/mol. The Kier molecular flexibility index (Phi) is 4.47. The third-order valence-electron chi connectivity index (χ3n) is 2.83. The van der Waals surface area contributed by atoms with Crippen molar-refractivity contribution < 1.29 is 4.79 Å². The van der Waals surface area contributed by atoms with Crippen molar-refractivity contribution in [3.8, 4) is 0 Å². The van der Waals surface area contributed by atoms with Crippen LogP contribution in [0, 0.1) is 6.92 Å². The first-order valence-corrected chi connectivity index (χ1v) is 6.67. The van der Waals surface area contributed by atoms with Crippen molar-refractivity contribution in [3.05, 3.63) is 51.8 Å². The van der Waals surface area contributed by atoms with Crippen molar-refractivity contribution in [1.82, 2.24) is 4.98 Å². The van der Waals surface area contributed by atoms with Crippen LogP contribution in [0.4, 0.5) is 11.4 Å². The average Bonchev–Trinajstić information content (AvgIpc) is 2.44. The number of carbonyl (C=O) groups is 1. The van der Waals surface area contributed by atoms with E-state index in [2.05, 4.69) is 15.6 Å². The van der Waals surface area contributed by atoms with Crippen LogP contribution in [0.25, 0.3) is 0 Å². The number of rotatable bonds is 3. The van der Waals surface area contributed by atoms with Gasteiger partial charge in [-0.25, -0.2) is 0 Å². The van der Waals surface area contributed by atoms with E-state index in [9.17, 15) is 4.79 Å². The van der Waals surface area contributed by atoms with Gasteiger partial charge in [0, 0.05) is 18.3 Å². The van der Waals surface area contributed by atoms with Gasteiger partial charge in [-0.1, -0.05) is 23.2 Å². The Balaban J connectivity index is 2.30. The molecule has 20 heavy (non-hydrogen) atoms. The maximum Gasteiger partial charge on any atom is 0.257 e. The molecule has 0 unspecified atom stereocenters. The lowest BCUT2D eigenvalue weighted by Crippen LogP contribution is -2.14. The van der Waals surface area contributed by atoms with Crippen molar-refractivity contribution >= 4 is 40.5 Å². The molecule has 0 aliphatic carbocycles. The molecule has 0 atom stereocenters. The van der Waals surface area contributed by atoms with Gasteiger partial charge >= 0.3 is 0 Å². The summed E-state index contributed by atoms with van der Waals surface area (Å²) in [5.74, 6) is -0.279. The first kappa shape index (κ1) is 14.6. The molecule has 0 fully saturated rings. The van der Waals surface area contributed by atoms with Gasteiger partial charge in [-0.15, -0.1) is 0 Å². The van der Waals surface area contributed by atoms with Crippen LogP contribution in [0.3, 0.4) is 0 Å². The summed E-state index contributed by atoms with van der Waals surface area (Å²) in [5.41, 5.74) is 2.45. The lowest BCUT2D eigenvalue weighted by molar-refractivity contribution is 0.102.